The minimum Gasteiger partial charge on any atom is -0.394 e. The molecule has 0 bridgehead atoms. The van der Waals surface area contributed by atoms with Crippen molar-refractivity contribution in [3.63, 3.8) is 0 Å². The summed E-state index contributed by atoms with van der Waals surface area (Å²) in [7, 11) is 0. The maximum atomic E-state index is 9.42. The van der Waals surface area contributed by atoms with E-state index >= 15 is 0 Å². The number of hydrogen-bond donors (Lipinski definition) is 1. The van der Waals surface area contributed by atoms with E-state index in [1.807, 2.05) is 24.4 Å². The molecule has 0 spiro atoms. The number of para-hydroxylation sites is 1. The van der Waals surface area contributed by atoms with E-state index in [4.69, 9.17) is 4.74 Å². The third-order valence-corrected chi connectivity index (χ3v) is 3.89. The maximum Gasteiger partial charge on any atom is 0.0940 e. The molecule has 0 amide bonds. The summed E-state index contributed by atoms with van der Waals surface area (Å²) in [6.07, 6.45) is 1.76. The molecule has 1 unspecified atom stereocenters. The molecular weight excluding hydrogens is 264 g/mol. The number of rotatable bonds is 3. The van der Waals surface area contributed by atoms with Crippen LogP contribution in [-0.4, -0.2) is 46.4 Å². The Morgan fingerprint density at radius 3 is 2.95 bits per heavy atom. The largest absolute Gasteiger partial charge is 0.394 e. The number of morpholine rings is 1. The summed E-state index contributed by atoms with van der Waals surface area (Å²) in [5, 5.41) is 10.6. The van der Waals surface area contributed by atoms with Crippen molar-refractivity contribution in [2.45, 2.75) is 32.1 Å². The predicted molar refractivity (Wildman–Crippen MR) is 83.1 cm³/mol. The van der Waals surface area contributed by atoms with Crippen LogP contribution >= 0.6 is 0 Å². The Bertz CT molecular complexity index is 622. The lowest BCUT2D eigenvalue weighted by Crippen LogP contribution is -2.53. The molecule has 112 valence electrons. The highest BCUT2D eigenvalue weighted by molar-refractivity contribution is 5.81. The Morgan fingerprint density at radius 1 is 1.33 bits per heavy atom. The minimum atomic E-state index is -0.228. The number of nitrogens with zero attached hydrogens (tertiary/aromatic N) is 2. The zero-order valence-electron chi connectivity index (χ0n) is 12.6. The predicted octanol–water partition coefficient (Wildman–Crippen LogP) is 2.21. The zero-order valence-corrected chi connectivity index (χ0v) is 12.6. The molecule has 1 aliphatic heterocycles. The molecule has 4 nitrogen and oxygen atoms in total. The van der Waals surface area contributed by atoms with Gasteiger partial charge in [0.25, 0.3) is 0 Å². The van der Waals surface area contributed by atoms with Crippen LogP contribution in [0.4, 0.5) is 0 Å². The molecule has 2 heterocycles. The molecular formula is C17H22N2O2. The average Bonchev–Trinajstić information content (AvgIpc) is 2.46. The molecule has 1 aromatic carbocycles. The smallest absolute Gasteiger partial charge is 0.0940 e. The molecule has 1 fully saturated rings. The van der Waals surface area contributed by atoms with Crippen LogP contribution in [-0.2, 0) is 11.3 Å². The maximum absolute atomic E-state index is 9.42. The molecule has 1 saturated heterocycles. The van der Waals surface area contributed by atoms with Crippen molar-refractivity contribution < 1.29 is 9.84 Å². The van der Waals surface area contributed by atoms with E-state index in [0.29, 0.717) is 0 Å². The van der Waals surface area contributed by atoms with Gasteiger partial charge in [0.1, 0.15) is 0 Å². The highest BCUT2D eigenvalue weighted by atomic mass is 16.5. The van der Waals surface area contributed by atoms with Gasteiger partial charge in [0.15, 0.2) is 0 Å². The van der Waals surface area contributed by atoms with Crippen LogP contribution in [0.3, 0.4) is 0 Å². The van der Waals surface area contributed by atoms with Crippen molar-refractivity contribution in [2.24, 2.45) is 0 Å². The van der Waals surface area contributed by atoms with Crippen LogP contribution < -0.4 is 0 Å². The fourth-order valence-corrected chi connectivity index (χ4v) is 3.17. The van der Waals surface area contributed by atoms with Crippen molar-refractivity contribution in [1.82, 2.24) is 9.88 Å². The number of ether oxygens (including phenoxy) is 1. The second kappa shape index (κ2) is 5.72. The normalized spacial score (nSPS) is 22.5. The Morgan fingerprint density at radius 2 is 2.14 bits per heavy atom. The monoisotopic (exact) mass is 286 g/mol. The molecule has 21 heavy (non-hydrogen) atoms. The average molecular weight is 286 g/mol. The topological polar surface area (TPSA) is 45.6 Å². The van der Waals surface area contributed by atoms with E-state index in [-0.39, 0.29) is 18.3 Å². The first kappa shape index (κ1) is 14.4. The van der Waals surface area contributed by atoms with Crippen molar-refractivity contribution in [2.75, 3.05) is 19.7 Å². The third-order valence-electron chi connectivity index (χ3n) is 3.89. The minimum absolute atomic E-state index is 0.0665. The van der Waals surface area contributed by atoms with Gasteiger partial charge >= 0.3 is 0 Å². The molecule has 1 atom stereocenters. The number of pyridine rings is 1. The van der Waals surface area contributed by atoms with Gasteiger partial charge in [-0.2, -0.15) is 0 Å². The van der Waals surface area contributed by atoms with Crippen molar-refractivity contribution in [3.8, 4) is 0 Å². The molecule has 1 aliphatic rings. The molecule has 2 aromatic rings. The molecule has 4 heteroatoms. The summed E-state index contributed by atoms with van der Waals surface area (Å²) in [4.78, 5) is 6.76. The second-order valence-electron chi connectivity index (χ2n) is 6.34. The number of fused-ring (bicyclic) bond motifs is 1. The Labute approximate surface area is 125 Å². The number of aromatic nitrogens is 1. The standard InChI is InChI=1S/C17H22N2O2/c1-17(2)12-19(10-14(11-20)21-17)9-13-7-8-18-16-6-4-3-5-15(13)16/h3-8,14,20H,9-12H2,1-2H3. The lowest BCUT2D eigenvalue weighted by atomic mass is 10.0. The van der Waals surface area contributed by atoms with Crippen LogP contribution in [0.2, 0.25) is 0 Å². The Hall–Kier alpha value is -1.49. The molecule has 1 N–H and O–H groups in total. The molecule has 0 saturated carbocycles. The number of aliphatic hydroxyl groups is 1. The van der Waals surface area contributed by atoms with Gasteiger partial charge in [-0.05, 0) is 31.5 Å². The summed E-state index contributed by atoms with van der Waals surface area (Å²) >= 11 is 0. The molecule has 0 radical (unpaired) electrons. The first-order valence-electron chi connectivity index (χ1n) is 7.41. The van der Waals surface area contributed by atoms with Gasteiger partial charge in [0, 0.05) is 31.2 Å². The van der Waals surface area contributed by atoms with Gasteiger partial charge in [-0.1, -0.05) is 18.2 Å². The summed E-state index contributed by atoms with van der Waals surface area (Å²) in [5.41, 5.74) is 2.07. The van der Waals surface area contributed by atoms with Gasteiger partial charge in [-0.3, -0.25) is 9.88 Å². The van der Waals surface area contributed by atoms with Gasteiger partial charge in [0.05, 0.1) is 23.8 Å². The van der Waals surface area contributed by atoms with Crippen LogP contribution in [0.15, 0.2) is 36.5 Å². The lowest BCUT2D eigenvalue weighted by Gasteiger charge is -2.42. The SMILES string of the molecule is CC1(C)CN(Cc2ccnc3ccccc23)CC(CO)O1. The van der Waals surface area contributed by atoms with E-state index < -0.39 is 0 Å². The van der Waals surface area contributed by atoms with E-state index in [1.54, 1.807) is 0 Å². The second-order valence-corrected chi connectivity index (χ2v) is 6.34. The van der Waals surface area contributed by atoms with Gasteiger partial charge in [-0.25, -0.2) is 0 Å². The van der Waals surface area contributed by atoms with E-state index in [2.05, 4.69) is 35.9 Å². The number of benzene rings is 1. The van der Waals surface area contributed by atoms with Crippen LogP contribution in [0.1, 0.15) is 19.4 Å². The van der Waals surface area contributed by atoms with Crippen LogP contribution in [0, 0.1) is 0 Å². The van der Waals surface area contributed by atoms with Crippen molar-refractivity contribution in [1.29, 1.82) is 0 Å². The van der Waals surface area contributed by atoms with Crippen molar-refractivity contribution >= 4 is 10.9 Å². The Kier molecular flexibility index (Phi) is 3.93. The fourth-order valence-electron chi connectivity index (χ4n) is 3.17. The van der Waals surface area contributed by atoms with Crippen LogP contribution in [0.5, 0.6) is 0 Å². The summed E-state index contributed by atoms with van der Waals surface area (Å²) in [6, 6.07) is 10.3. The van der Waals surface area contributed by atoms with Crippen molar-refractivity contribution in [3.05, 3.63) is 42.1 Å². The molecule has 0 aliphatic carbocycles. The third kappa shape index (κ3) is 3.23. The number of hydrogen-bond acceptors (Lipinski definition) is 4. The first-order valence-corrected chi connectivity index (χ1v) is 7.41. The molecule has 3 rings (SSSR count). The Balaban J connectivity index is 1.84. The lowest BCUT2D eigenvalue weighted by molar-refractivity contribution is -0.150. The zero-order chi connectivity index (χ0) is 14.9. The first-order chi connectivity index (χ1) is 10.1. The summed E-state index contributed by atoms with van der Waals surface area (Å²) in [6.45, 7) is 6.69. The summed E-state index contributed by atoms with van der Waals surface area (Å²) in [5.74, 6) is 0. The van der Waals surface area contributed by atoms with Crippen LogP contribution in [0.25, 0.3) is 10.9 Å². The molecule has 1 aromatic heterocycles. The van der Waals surface area contributed by atoms with E-state index in [9.17, 15) is 5.11 Å². The van der Waals surface area contributed by atoms with Gasteiger partial charge in [0.2, 0.25) is 0 Å². The highest BCUT2D eigenvalue weighted by Crippen LogP contribution is 2.24. The van der Waals surface area contributed by atoms with E-state index in [0.717, 1.165) is 25.2 Å². The number of aliphatic hydroxyl groups excluding tert-OH is 1. The van der Waals surface area contributed by atoms with E-state index in [1.165, 1.54) is 10.9 Å². The quantitative estimate of drug-likeness (QED) is 0.939. The van der Waals surface area contributed by atoms with Gasteiger partial charge < -0.3 is 9.84 Å². The highest BCUT2D eigenvalue weighted by Gasteiger charge is 2.33. The fraction of sp³-hybridized carbons (Fsp3) is 0.471. The van der Waals surface area contributed by atoms with Gasteiger partial charge in [-0.15, -0.1) is 0 Å². The summed E-state index contributed by atoms with van der Waals surface area (Å²) < 4.78 is 5.87.